The van der Waals surface area contributed by atoms with Crippen LogP contribution < -0.4 is 0 Å². The summed E-state index contributed by atoms with van der Waals surface area (Å²) in [6.45, 7) is 0.183. The van der Waals surface area contributed by atoms with Gasteiger partial charge in [-0.25, -0.2) is 9.59 Å². The van der Waals surface area contributed by atoms with Gasteiger partial charge in [-0.3, -0.25) is 0 Å². The highest BCUT2D eigenvalue weighted by Crippen LogP contribution is 2.19. The van der Waals surface area contributed by atoms with Crippen LogP contribution in [0, 0.1) is 0 Å². The molecule has 0 aromatic heterocycles. The van der Waals surface area contributed by atoms with Gasteiger partial charge in [-0.1, -0.05) is 12.1 Å². The van der Waals surface area contributed by atoms with E-state index in [0.29, 0.717) is 17.9 Å². The second-order valence-corrected chi connectivity index (χ2v) is 3.94. The van der Waals surface area contributed by atoms with Crippen LogP contribution in [0.3, 0.4) is 0 Å². The molecule has 5 nitrogen and oxygen atoms in total. The van der Waals surface area contributed by atoms with Crippen molar-refractivity contribution in [3.8, 4) is 0 Å². The van der Waals surface area contributed by atoms with Crippen molar-refractivity contribution in [2.75, 3.05) is 20.3 Å². The van der Waals surface area contributed by atoms with Gasteiger partial charge < -0.3 is 14.6 Å². The Morgan fingerprint density at radius 1 is 1.39 bits per heavy atom. The highest BCUT2D eigenvalue weighted by molar-refractivity contribution is 7.80. The third kappa shape index (κ3) is 4.05. The van der Waals surface area contributed by atoms with E-state index in [2.05, 4.69) is 17.4 Å². The largest absolute Gasteiger partial charge is 0.478 e. The molecule has 0 spiro atoms. The summed E-state index contributed by atoms with van der Waals surface area (Å²) in [4.78, 5) is 22.1. The van der Waals surface area contributed by atoms with Gasteiger partial charge >= 0.3 is 11.9 Å². The molecule has 0 saturated heterocycles. The molecular formula is C12H14O5S. The third-order valence-corrected chi connectivity index (χ3v) is 2.84. The summed E-state index contributed by atoms with van der Waals surface area (Å²) < 4.78 is 9.51. The molecule has 98 valence electrons. The first-order valence-electron chi connectivity index (χ1n) is 5.25. The normalized spacial score (nSPS) is 10.1. The molecule has 1 aromatic rings. The summed E-state index contributed by atoms with van der Waals surface area (Å²) in [5, 5.41) is 8.93. The van der Waals surface area contributed by atoms with Gasteiger partial charge in [0.15, 0.2) is 0 Å². The molecule has 0 radical (unpaired) electrons. The summed E-state index contributed by atoms with van der Waals surface area (Å²) in [5.74, 6) is -1.46. The Morgan fingerprint density at radius 3 is 2.72 bits per heavy atom. The van der Waals surface area contributed by atoms with Gasteiger partial charge in [-0.15, -0.1) is 12.6 Å². The smallest absolute Gasteiger partial charge is 0.336 e. The molecule has 1 rings (SSSR count). The number of benzene rings is 1. The quantitative estimate of drug-likeness (QED) is 0.464. The van der Waals surface area contributed by atoms with Crippen LogP contribution in [-0.4, -0.2) is 37.4 Å². The van der Waals surface area contributed by atoms with Gasteiger partial charge in [-0.05, 0) is 18.1 Å². The minimum atomic E-state index is -1.02. The Kier molecular flexibility index (Phi) is 5.67. The topological polar surface area (TPSA) is 72.8 Å². The molecule has 0 bridgehead atoms. The molecule has 0 aliphatic heterocycles. The zero-order valence-electron chi connectivity index (χ0n) is 9.88. The van der Waals surface area contributed by atoms with Crippen molar-refractivity contribution in [1.29, 1.82) is 0 Å². The van der Waals surface area contributed by atoms with E-state index < -0.39 is 11.9 Å². The van der Waals surface area contributed by atoms with Crippen LogP contribution in [-0.2, 0) is 20.7 Å². The lowest BCUT2D eigenvalue weighted by atomic mass is 10.1. The summed E-state index contributed by atoms with van der Waals surface area (Å²) in [5.41, 5.74) is 0.923. The number of carboxylic acid groups (broad SMARTS) is 1. The Morgan fingerprint density at radius 2 is 2.11 bits per heavy atom. The maximum absolute atomic E-state index is 10.9. The fourth-order valence-electron chi connectivity index (χ4n) is 1.36. The maximum atomic E-state index is 10.9. The van der Waals surface area contributed by atoms with Gasteiger partial charge in [0, 0.05) is 4.90 Å². The van der Waals surface area contributed by atoms with Crippen molar-refractivity contribution in [2.24, 2.45) is 0 Å². The molecule has 0 aliphatic rings. The molecule has 0 aliphatic carbocycles. The van der Waals surface area contributed by atoms with Gasteiger partial charge in [0.25, 0.3) is 0 Å². The molecule has 0 saturated carbocycles. The molecule has 1 aromatic carbocycles. The van der Waals surface area contributed by atoms with Crippen molar-refractivity contribution in [1.82, 2.24) is 0 Å². The Balaban J connectivity index is 2.55. The van der Waals surface area contributed by atoms with E-state index in [1.807, 2.05) is 0 Å². The fraction of sp³-hybridized carbons (Fsp3) is 0.333. The van der Waals surface area contributed by atoms with E-state index >= 15 is 0 Å². The van der Waals surface area contributed by atoms with E-state index in [1.165, 1.54) is 13.2 Å². The van der Waals surface area contributed by atoms with Crippen LogP contribution in [0.1, 0.15) is 15.9 Å². The number of carbonyl (C=O) groups is 2. The second kappa shape index (κ2) is 7.03. The first kappa shape index (κ1) is 14.5. The van der Waals surface area contributed by atoms with Crippen LogP contribution >= 0.6 is 12.6 Å². The second-order valence-electron chi connectivity index (χ2n) is 3.50. The summed E-state index contributed by atoms with van der Waals surface area (Å²) in [6, 6.07) is 4.92. The van der Waals surface area contributed by atoms with Gasteiger partial charge in [0.05, 0.1) is 19.3 Å². The predicted octanol–water partition coefficient (Wildman–Crippen LogP) is 1.41. The Bertz CT molecular complexity index is 444. The van der Waals surface area contributed by atoms with Crippen LogP contribution in [0.25, 0.3) is 0 Å². The number of esters is 1. The lowest BCUT2D eigenvalue weighted by Gasteiger charge is -2.08. The van der Waals surface area contributed by atoms with Crippen LogP contribution in [0.15, 0.2) is 23.1 Å². The number of aromatic carboxylic acids is 1. The average molecular weight is 270 g/mol. The zero-order chi connectivity index (χ0) is 13.5. The van der Waals surface area contributed by atoms with Crippen molar-refractivity contribution in [3.05, 3.63) is 29.3 Å². The number of hydrogen-bond acceptors (Lipinski definition) is 5. The van der Waals surface area contributed by atoms with Crippen LogP contribution in [0.4, 0.5) is 0 Å². The number of rotatable bonds is 6. The molecule has 0 atom stereocenters. The van der Waals surface area contributed by atoms with Crippen molar-refractivity contribution >= 4 is 24.6 Å². The molecule has 1 N–H and O–H groups in total. The molecule has 18 heavy (non-hydrogen) atoms. The first-order valence-corrected chi connectivity index (χ1v) is 5.69. The van der Waals surface area contributed by atoms with Gasteiger partial charge in [0.2, 0.25) is 0 Å². The van der Waals surface area contributed by atoms with Crippen LogP contribution in [0.2, 0.25) is 0 Å². The molecule has 0 amide bonds. The number of carboxylic acids is 1. The number of carbonyl (C=O) groups excluding carboxylic acids is 1. The molecule has 0 fully saturated rings. The monoisotopic (exact) mass is 270 g/mol. The summed E-state index contributed by atoms with van der Waals surface area (Å²) in [6.07, 6.45) is 0.483. The lowest BCUT2D eigenvalue weighted by Crippen LogP contribution is -2.12. The number of hydrogen-bond donors (Lipinski definition) is 2. The minimum absolute atomic E-state index is 0.114. The molecule has 0 heterocycles. The van der Waals surface area contributed by atoms with Crippen molar-refractivity contribution in [3.63, 3.8) is 0 Å². The van der Waals surface area contributed by atoms with Crippen molar-refractivity contribution in [2.45, 2.75) is 11.3 Å². The Hall–Kier alpha value is -1.53. The molecule has 6 heteroatoms. The predicted molar refractivity (Wildman–Crippen MR) is 67.2 cm³/mol. The third-order valence-electron chi connectivity index (χ3n) is 2.31. The lowest BCUT2D eigenvalue weighted by molar-refractivity contribution is -0.145. The van der Waals surface area contributed by atoms with E-state index in [0.717, 1.165) is 5.56 Å². The zero-order valence-corrected chi connectivity index (χ0v) is 10.8. The first-order chi connectivity index (χ1) is 8.56. The fourth-order valence-corrected chi connectivity index (χ4v) is 1.72. The van der Waals surface area contributed by atoms with E-state index in [-0.39, 0.29) is 12.2 Å². The molecular weight excluding hydrogens is 256 g/mol. The number of methoxy groups -OCH3 is 1. The number of thiol groups is 1. The van der Waals surface area contributed by atoms with Gasteiger partial charge in [0.1, 0.15) is 6.61 Å². The van der Waals surface area contributed by atoms with E-state index in [9.17, 15) is 9.59 Å². The van der Waals surface area contributed by atoms with E-state index in [4.69, 9.17) is 9.84 Å². The summed E-state index contributed by atoms with van der Waals surface area (Å²) in [7, 11) is 1.29. The van der Waals surface area contributed by atoms with Gasteiger partial charge in [-0.2, -0.15) is 0 Å². The highest BCUT2D eigenvalue weighted by atomic mass is 32.1. The van der Waals surface area contributed by atoms with E-state index in [1.54, 1.807) is 12.1 Å². The van der Waals surface area contributed by atoms with Crippen molar-refractivity contribution < 1.29 is 24.2 Å². The Labute approximate surface area is 110 Å². The standard InChI is InChI=1S/C12H14O5S/c1-16-10(13)7-17-6-5-8-3-2-4-9(11(8)18)12(14)15/h2-4,18H,5-7H2,1H3,(H,14,15). The maximum Gasteiger partial charge on any atom is 0.336 e. The minimum Gasteiger partial charge on any atom is -0.478 e. The number of ether oxygens (including phenoxy) is 2. The van der Waals surface area contributed by atoms with Crippen LogP contribution in [0.5, 0.6) is 0 Å². The summed E-state index contributed by atoms with van der Waals surface area (Å²) >= 11 is 4.18. The average Bonchev–Trinajstić information content (AvgIpc) is 2.35. The SMILES string of the molecule is COC(=O)COCCc1cccc(C(=O)O)c1S. The molecule has 0 unspecified atom stereocenters. The highest BCUT2D eigenvalue weighted by Gasteiger charge is 2.10.